The number of hydrogen-bond donors (Lipinski definition) is 1. The van der Waals surface area contributed by atoms with Gasteiger partial charge in [0.1, 0.15) is 12.4 Å². The number of rotatable bonds is 5. The summed E-state index contributed by atoms with van der Waals surface area (Å²) in [7, 11) is 0. The maximum absolute atomic E-state index is 13.0. The lowest BCUT2D eigenvalue weighted by atomic mass is 10.0. The summed E-state index contributed by atoms with van der Waals surface area (Å²) in [5.41, 5.74) is 1.39. The number of allylic oxidation sites excluding steroid dienone is 1. The summed E-state index contributed by atoms with van der Waals surface area (Å²) in [6, 6.07) is 5.69. The van der Waals surface area contributed by atoms with Crippen LogP contribution < -0.4 is 0 Å². The zero-order valence-corrected chi connectivity index (χ0v) is 13.0. The van der Waals surface area contributed by atoms with Gasteiger partial charge in [0.25, 0.3) is 0 Å². The second kappa shape index (κ2) is 7.87. The topological polar surface area (TPSA) is 66.8 Å². The number of carbonyl (C=O) groups excluding carboxylic acids is 1. The van der Waals surface area contributed by atoms with Crippen molar-refractivity contribution in [1.82, 2.24) is 4.90 Å². The molecule has 5 nitrogen and oxygen atoms in total. The van der Waals surface area contributed by atoms with E-state index < -0.39 is 5.97 Å². The average molecular weight is 321 g/mol. The highest BCUT2D eigenvalue weighted by Crippen LogP contribution is 2.18. The molecule has 0 atom stereocenters. The minimum absolute atomic E-state index is 0.135. The van der Waals surface area contributed by atoms with Gasteiger partial charge in [0.15, 0.2) is 0 Å². The first-order valence-electron chi connectivity index (χ1n) is 7.51. The van der Waals surface area contributed by atoms with E-state index in [4.69, 9.17) is 9.84 Å². The van der Waals surface area contributed by atoms with E-state index >= 15 is 0 Å². The first-order valence-corrected chi connectivity index (χ1v) is 7.51. The third-order valence-corrected chi connectivity index (χ3v) is 3.86. The number of nitrogens with zero attached hydrogens (tertiary/aromatic N) is 1. The number of hydrogen-bond acceptors (Lipinski definition) is 3. The average Bonchev–Trinajstić information content (AvgIpc) is 2.53. The van der Waals surface area contributed by atoms with E-state index in [1.54, 1.807) is 19.1 Å². The fourth-order valence-electron chi connectivity index (χ4n) is 2.59. The molecule has 1 N–H and O–H groups in total. The maximum atomic E-state index is 13.0. The van der Waals surface area contributed by atoms with Gasteiger partial charge in [0.05, 0.1) is 0 Å². The van der Waals surface area contributed by atoms with Gasteiger partial charge in [-0.1, -0.05) is 12.1 Å². The van der Waals surface area contributed by atoms with E-state index in [1.807, 2.05) is 0 Å². The van der Waals surface area contributed by atoms with Crippen molar-refractivity contribution in [2.45, 2.75) is 25.8 Å². The molecular weight excluding hydrogens is 301 g/mol. The molecule has 2 rings (SSSR count). The predicted octanol–water partition coefficient (Wildman–Crippen LogP) is 2.32. The number of ether oxygens (including phenoxy) is 1. The van der Waals surface area contributed by atoms with Gasteiger partial charge in [-0.3, -0.25) is 9.59 Å². The molecule has 0 saturated carbocycles. The van der Waals surface area contributed by atoms with Gasteiger partial charge < -0.3 is 14.7 Å². The van der Waals surface area contributed by atoms with Crippen LogP contribution in [0.3, 0.4) is 0 Å². The number of carboxylic acids is 1. The summed E-state index contributed by atoms with van der Waals surface area (Å²) in [6.45, 7) is 2.45. The Labute approximate surface area is 134 Å². The van der Waals surface area contributed by atoms with E-state index in [1.165, 1.54) is 23.1 Å². The number of carboxylic acid groups (broad SMARTS) is 1. The monoisotopic (exact) mass is 321 g/mol. The molecule has 1 aromatic carbocycles. The SMILES string of the molecule is C/C(=C\C(=O)N(CC(=O)O)C1CCOCC1)c1ccc(F)cc1. The van der Waals surface area contributed by atoms with Gasteiger partial charge in [-0.25, -0.2) is 4.39 Å². The lowest BCUT2D eigenvalue weighted by Crippen LogP contribution is -2.45. The van der Waals surface area contributed by atoms with Crippen molar-refractivity contribution >= 4 is 17.4 Å². The van der Waals surface area contributed by atoms with Gasteiger partial charge in [-0.05, 0) is 43.0 Å². The van der Waals surface area contributed by atoms with Crippen LogP contribution in [0.4, 0.5) is 4.39 Å². The minimum Gasteiger partial charge on any atom is -0.480 e. The van der Waals surface area contributed by atoms with Crippen LogP contribution in [-0.4, -0.2) is 47.7 Å². The highest BCUT2D eigenvalue weighted by atomic mass is 19.1. The molecular formula is C17H20FNO4. The second-order valence-electron chi connectivity index (χ2n) is 5.54. The number of benzene rings is 1. The molecule has 6 heteroatoms. The summed E-state index contributed by atoms with van der Waals surface area (Å²) >= 11 is 0. The van der Waals surface area contributed by atoms with Crippen LogP contribution >= 0.6 is 0 Å². The van der Waals surface area contributed by atoms with E-state index in [2.05, 4.69) is 0 Å². The summed E-state index contributed by atoms with van der Waals surface area (Å²) in [5, 5.41) is 9.06. The molecule has 1 saturated heterocycles. The Morgan fingerprint density at radius 1 is 1.30 bits per heavy atom. The standard InChI is InChI=1S/C17H20FNO4/c1-12(13-2-4-14(18)5-3-13)10-16(20)19(11-17(21)22)15-6-8-23-9-7-15/h2-5,10,15H,6-9,11H2,1H3,(H,21,22)/b12-10+. The number of carbonyl (C=O) groups is 2. The van der Waals surface area contributed by atoms with Crippen LogP contribution in [0, 0.1) is 5.82 Å². The molecule has 0 radical (unpaired) electrons. The van der Waals surface area contributed by atoms with E-state index in [9.17, 15) is 14.0 Å². The Morgan fingerprint density at radius 3 is 2.48 bits per heavy atom. The van der Waals surface area contributed by atoms with Crippen molar-refractivity contribution in [2.75, 3.05) is 19.8 Å². The summed E-state index contributed by atoms with van der Waals surface area (Å²) < 4.78 is 18.2. The highest BCUT2D eigenvalue weighted by Gasteiger charge is 2.26. The predicted molar refractivity (Wildman–Crippen MR) is 83.2 cm³/mol. The van der Waals surface area contributed by atoms with Crippen LogP contribution in [0.5, 0.6) is 0 Å². The van der Waals surface area contributed by atoms with Crippen LogP contribution in [-0.2, 0) is 14.3 Å². The summed E-state index contributed by atoms with van der Waals surface area (Å²) in [6.07, 6.45) is 2.66. The Morgan fingerprint density at radius 2 is 1.91 bits per heavy atom. The van der Waals surface area contributed by atoms with Crippen LogP contribution in [0.2, 0.25) is 0 Å². The van der Waals surface area contributed by atoms with Gasteiger partial charge in [0.2, 0.25) is 5.91 Å². The van der Waals surface area contributed by atoms with E-state index in [0.29, 0.717) is 31.6 Å². The van der Waals surface area contributed by atoms with E-state index in [-0.39, 0.29) is 24.3 Å². The Balaban J connectivity index is 2.16. The molecule has 0 aromatic heterocycles. The summed E-state index contributed by atoms with van der Waals surface area (Å²) in [5.74, 6) is -1.73. The van der Waals surface area contributed by atoms with E-state index in [0.717, 1.165) is 5.56 Å². The van der Waals surface area contributed by atoms with Gasteiger partial charge in [0, 0.05) is 25.3 Å². The normalized spacial score (nSPS) is 16.2. The maximum Gasteiger partial charge on any atom is 0.323 e. The van der Waals surface area contributed by atoms with Crippen molar-refractivity contribution in [2.24, 2.45) is 0 Å². The van der Waals surface area contributed by atoms with Crippen molar-refractivity contribution < 1.29 is 23.8 Å². The minimum atomic E-state index is -1.04. The fourth-order valence-corrected chi connectivity index (χ4v) is 2.59. The summed E-state index contributed by atoms with van der Waals surface area (Å²) in [4.78, 5) is 24.9. The Kier molecular flexibility index (Phi) is 5.87. The number of halogens is 1. The van der Waals surface area contributed by atoms with Crippen LogP contribution in [0.1, 0.15) is 25.3 Å². The first-order chi connectivity index (χ1) is 11.0. The smallest absolute Gasteiger partial charge is 0.323 e. The third kappa shape index (κ3) is 4.89. The Bertz CT molecular complexity index is 591. The molecule has 0 spiro atoms. The third-order valence-electron chi connectivity index (χ3n) is 3.86. The van der Waals surface area contributed by atoms with Gasteiger partial charge >= 0.3 is 5.97 Å². The molecule has 0 aliphatic carbocycles. The van der Waals surface area contributed by atoms with Crippen molar-refractivity contribution in [3.05, 3.63) is 41.7 Å². The molecule has 1 amide bonds. The fraction of sp³-hybridized carbons (Fsp3) is 0.412. The second-order valence-corrected chi connectivity index (χ2v) is 5.54. The van der Waals surface area contributed by atoms with Crippen molar-refractivity contribution in [3.8, 4) is 0 Å². The molecule has 1 fully saturated rings. The Hall–Kier alpha value is -2.21. The molecule has 1 aliphatic heterocycles. The molecule has 0 unspecified atom stereocenters. The van der Waals surface area contributed by atoms with Gasteiger partial charge in [-0.15, -0.1) is 0 Å². The lowest BCUT2D eigenvalue weighted by Gasteiger charge is -2.32. The zero-order valence-electron chi connectivity index (χ0n) is 13.0. The molecule has 0 bridgehead atoms. The van der Waals surface area contributed by atoms with Gasteiger partial charge in [-0.2, -0.15) is 0 Å². The van der Waals surface area contributed by atoms with Crippen molar-refractivity contribution in [3.63, 3.8) is 0 Å². The lowest BCUT2D eigenvalue weighted by molar-refractivity contribution is -0.145. The van der Waals surface area contributed by atoms with Crippen LogP contribution in [0.25, 0.3) is 5.57 Å². The largest absolute Gasteiger partial charge is 0.480 e. The quantitative estimate of drug-likeness (QED) is 0.845. The highest BCUT2D eigenvalue weighted by molar-refractivity contribution is 5.96. The van der Waals surface area contributed by atoms with Crippen molar-refractivity contribution in [1.29, 1.82) is 0 Å². The molecule has 1 heterocycles. The molecule has 1 aromatic rings. The first kappa shape index (κ1) is 17.1. The molecule has 124 valence electrons. The number of aliphatic carboxylic acids is 1. The molecule has 23 heavy (non-hydrogen) atoms. The van der Waals surface area contributed by atoms with Crippen LogP contribution in [0.15, 0.2) is 30.3 Å². The number of amides is 1. The molecule has 1 aliphatic rings. The zero-order chi connectivity index (χ0) is 16.8.